The molecule has 0 aliphatic carbocycles. The average Bonchev–Trinajstić information content (AvgIpc) is 3.03. The highest BCUT2D eigenvalue weighted by Crippen LogP contribution is 2.38. The number of fused-ring (bicyclic) bond motifs is 1. The summed E-state index contributed by atoms with van der Waals surface area (Å²) in [5.41, 5.74) is 0.472. The third-order valence-corrected chi connectivity index (χ3v) is 6.23. The summed E-state index contributed by atoms with van der Waals surface area (Å²) in [4.78, 5) is 12.8. The van der Waals surface area contributed by atoms with Crippen LogP contribution in [-0.2, 0) is 4.74 Å². The smallest absolute Gasteiger partial charge is 0.252 e. The van der Waals surface area contributed by atoms with Gasteiger partial charge in [0.25, 0.3) is 5.91 Å². The van der Waals surface area contributed by atoms with Crippen LogP contribution >= 0.6 is 11.8 Å². The van der Waals surface area contributed by atoms with E-state index >= 15 is 0 Å². The van der Waals surface area contributed by atoms with Gasteiger partial charge in [0.1, 0.15) is 5.82 Å². The van der Waals surface area contributed by atoms with E-state index in [9.17, 15) is 9.18 Å². The molecule has 5 heteroatoms. The van der Waals surface area contributed by atoms with Crippen molar-refractivity contribution >= 4 is 28.4 Å². The number of carbonyl (C=O) groups is 1. The van der Waals surface area contributed by atoms with Gasteiger partial charge in [-0.05, 0) is 42.5 Å². The summed E-state index contributed by atoms with van der Waals surface area (Å²) in [5, 5.41) is 4.29. The van der Waals surface area contributed by atoms with Crippen LogP contribution in [0.3, 0.4) is 0 Å². The molecule has 0 saturated carbocycles. The van der Waals surface area contributed by atoms with E-state index in [1.807, 2.05) is 17.8 Å². The first-order valence-corrected chi connectivity index (χ1v) is 9.52. The van der Waals surface area contributed by atoms with E-state index in [1.165, 1.54) is 6.07 Å². The van der Waals surface area contributed by atoms with Crippen LogP contribution in [0, 0.1) is 5.82 Å². The summed E-state index contributed by atoms with van der Waals surface area (Å²) >= 11 is 1.92. The largest absolute Gasteiger partial charge is 0.374 e. The zero-order valence-corrected chi connectivity index (χ0v) is 14.2. The number of hydrogen-bond donors (Lipinski definition) is 1. The Bertz CT molecular complexity index is 773. The normalized spacial score (nSPS) is 26.8. The molecule has 2 aromatic rings. The van der Waals surface area contributed by atoms with Crippen LogP contribution in [0.25, 0.3) is 10.8 Å². The molecule has 2 saturated heterocycles. The minimum atomic E-state index is -0.296. The van der Waals surface area contributed by atoms with Gasteiger partial charge in [-0.3, -0.25) is 4.79 Å². The maximum Gasteiger partial charge on any atom is 0.252 e. The molecule has 0 aromatic heterocycles. The maximum absolute atomic E-state index is 13.9. The number of nitrogens with one attached hydrogen (secondary N) is 1. The number of rotatable bonds is 2. The van der Waals surface area contributed by atoms with Crippen molar-refractivity contribution in [1.29, 1.82) is 0 Å². The van der Waals surface area contributed by atoms with E-state index < -0.39 is 0 Å². The van der Waals surface area contributed by atoms with E-state index in [0.29, 0.717) is 22.9 Å². The number of thioether (sulfide) groups is 1. The van der Waals surface area contributed by atoms with Gasteiger partial charge in [-0.25, -0.2) is 4.39 Å². The van der Waals surface area contributed by atoms with E-state index in [4.69, 9.17) is 4.74 Å². The summed E-state index contributed by atoms with van der Waals surface area (Å²) in [5.74, 6) is 1.72. The van der Waals surface area contributed by atoms with Gasteiger partial charge >= 0.3 is 0 Å². The second-order valence-corrected chi connectivity index (χ2v) is 7.74. The molecule has 1 N–H and O–H groups in total. The molecule has 0 radical (unpaired) electrons. The van der Waals surface area contributed by atoms with Crippen LogP contribution in [0.5, 0.6) is 0 Å². The first kappa shape index (κ1) is 15.9. The molecule has 2 heterocycles. The Labute approximate surface area is 144 Å². The molecule has 2 aliphatic heterocycles. The van der Waals surface area contributed by atoms with Gasteiger partial charge in [-0.2, -0.15) is 11.8 Å². The molecule has 2 atom stereocenters. The van der Waals surface area contributed by atoms with Crippen LogP contribution in [0.1, 0.15) is 29.6 Å². The van der Waals surface area contributed by atoms with Gasteiger partial charge in [-0.1, -0.05) is 24.3 Å². The lowest BCUT2D eigenvalue weighted by Gasteiger charge is -2.38. The highest BCUT2D eigenvalue weighted by atomic mass is 32.2. The van der Waals surface area contributed by atoms with E-state index in [-0.39, 0.29) is 23.4 Å². The monoisotopic (exact) mass is 345 g/mol. The van der Waals surface area contributed by atoms with Crippen LogP contribution in [0.2, 0.25) is 0 Å². The zero-order valence-electron chi connectivity index (χ0n) is 13.4. The number of carbonyl (C=O) groups excluding carboxylic acids is 1. The van der Waals surface area contributed by atoms with E-state index in [2.05, 4.69) is 5.32 Å². The fraction of sp³-hybridized carbons (Fsp3) is 0.421. The molecule has 4 rings (SSSR count). The fourth-order valence-electron chi connectivity index (χ4n) is 3.74. The number of hydrogen-bond acceptors (Lipinski definition) is 3. The molecule has 1 spiro atoms. The minimum Gasteiger partial charge on any atom is -0.374 e. The van der Waals surface area contributed by atoms with E-state index in [0.717, 1.165) is 30.8 Å². The second-order valence-electron chi connectivity index (χ2n) is 6.64. The summed E-state index contributed by atoms with van der Waals surface area (Å²) in [6.07, 6.45) is 2.76. The van der Waals surface area contributed by atoms with Crippen LogP contribution in [0.4, 0.5) is 4.39 Å². The van der Waals surface area contributed by atoms with Crippen molar-refractivity contribution in [2.45, 2.75) is 30.9 Å². The lowest BCUT2D eigenvalue weighted by Crippen LogP contribution is -2.48. The molecule has 0 bridgehead atoms. The predicted octanol–water partition coefficient (Wildman–Crippen LogP) is 3.76. The summed E-state index contributed by atoms with van der Waals surface area (Å²) < 4.78 is 19.9. The van der Waals surface area contributed by atoms with Gasteiger partial charge in [0.15, 0.2) is 0 Å². The topological polar surface area (TPSA) is 38.3 Å². The number of amides is 1. The van der Waals surface area contributed by atoms with Crippen LogP contribution in [0.15, 0.2) is 36.4 Å². The summed E-state index contributed by atoms with van der Waals surface area (Å²) in [6, 6.07) is 10.2. The summed E-state index contributed by atoms with van der Waals surface area (Å²) in [6.45, 7) is 0.690. The van der Waals surface area contributed by atoms with Gasteiger partial charge in [0.2, 0.25) is 0 Å². The SMILES string of the molecule is O=C(N[C@@H]1CCO[C@]2(CCSC2)C1)c1ccc(F)c2ccccc12. The molecule has 2 aliphatic rings. The Morgan fingerprint density at radius 2 is 2.08 bits per heavy atom. The molecule has 126 valence electrons. The Balaban J connectivity index is 1.55. The molecule has 24 heavy (non-hydrogen) atoms. The number of halogens is 1. The molecular formula is C19H20FNO2S. The second kappa shape index (κ2) is 6.37. The Morgan fingerprint density at radius 1 is 1.25 bits per heavy atom. The van der Waals surface area contributed by atoms with Gasteiger partial charge < -0.3 is 10.1 Å². The van der Waals surface area contributed by atoms with Crippen LogP contribution in [-0.4, -0.2) is 35.7 Å². The third kappa shape index (κ3) is 2.91. The van der Waals surface area contributed by atoms with E-state index in [1.54, 1.807) is 24.3 Å². The predicted molar refractivity (Wildman–Crippen MR) is 95.0 cm³/mol. The molecule has 1 amide bonds. The highest BCUT2D eigenvalue weighted by Gasteiger charge is 2.40. The van der Waals surface area contributed by atoms with Crippen molar-refractivity contribution in [2.75, 3.05) is 18.1 Å². The lowest BCUT2D eigenvalue weighted by molar-refractivity contribution is -0.0688. The lowest BCUT2D eigenvalue weighted by atomic mass is 9.89. The zero-order chi connectivity index (χ0) is 16.6. The Kier molecular flexibility index (Phi) is 4.22. The molecule has 0 unspecified atom stereocenters. The maximum atomic E-state index is 13.9. The first-order chi connectivity index (χ1) is 11.7. The number of benzene rings is 2. The fourth-order valence-corrected chi connectivity index (χ4v) is 5.12. The highest BCUT2D eigenvalue weighted by molar-refractivity contribution is 7.99. The van der Waals surface area contributed by atoms with Crippen molar-refractivity contribution in [3.05, 3.63) is 47.8 Å². The summed E-state index contributed by atoms with van der Waals surface area (Å²) in [7, 11) is 0. The molecule has 2 fully saturated rings. The molecular weight excluding hydrogens is 325 g/mol. The first-order valence-electron chi connectivity index (χ1n) is 8.37. The van der Waals surface area contributed by atoms with Crippen molar-refractivity contribution in [2.24, 2.45) is 0 Å². The van der Waals surface area contributed by atoms with Crippen molar-refractivity contribution in [1.82, 2.24) is 5.32 Å². The molecule has 2 aromatic carbocycles. The Morgan fingerprint density at radius 3 is 2.88 bits per heavy atom. The van der Waals surface area contributed by atoms with Crippen LogP contribution < -0.4 is 5.32 Å². The molecule has 3 nitrogen and oxygen atoms in total. The van der Waals surface area contributed by atoms with Gasteiger partial charge in [0, 0.05) is 29.4 Å². The minimum absolute atomic E-state index is 0.0638. The average molecular weight is 345 g/mol. The standard InChI is InChI=1S/C19H20FNO2S/c20-17-6-5-16(14-3-1-2-4-15(14)17)18(22)21-13-7-9-23-19(11-13)8-10-24-12-19/h1-6,13H,7-12H2,(H,21,22)/t13-,19-/m1/s1. The Hall–Kier alpha value is -1.59. The van der Waals surface area contributed by atoms with Gasteiger partial charge in [-0.15, -0.1) is 0 Å². The third-order valence-electron chi connectivity index (χ3n) is 5.01. The number of ether oxygens (including phenoxy) is 1. The van der Waals surface area contributed by atoms with Crippen molar-refractivity contribution in [3.8, 4) is 0 Å². The quantitative estimate of drug-likeness (QED) is 0.901. The van der Waals surface area contributed by atoms with Gasteiger partial charge in [0.05, 0.1) is 5.60 Å². The van der Waals surface area contributed by atoms with Crippen molar-refractivity contribution < 1.29 is 13.9 Å². The van der Waals surface area contributed by atoms with Crippen molar-refractivity contribution in [3.63, 3.8) is 0 Å².